The zero-order chi connectivity index (χ0) is 15.9. The van der Waals surface area contributed by atoms with E-state index in [1.807, 2.05) is 0 Å². The van der Waals surface area contributed by atoms with Crippen LogP contribution in [0.2, 0.25) is 0 Å². The molecule has 1 fully saturated rings. The first kappa shape index (κ1) is 17.7. The molecule has 1 saturated carbocycles. The minimum atomic E-state index is -0.208. The van der Waals surface area contributed by atoms with Crippen molar-refractivity contribution in [2.75, 3.05) is 0 Å². The molecule has 1 aliphatic rings. The van der Waals surface area contributed by atoms with Crippen molar-refractivity contribution in [3.05, 3.63) is 33.4 Å². The summed E-state index contributed by atoms with van der Waals surface area (Å²) >= 11 is 2.30. The normalized spacial score (nSPS) is 16.9. The Bertz CT molecular complexity index is 466. The third kappa shape index (κ3) is 5.88. The molecule has 0 bridgehead atoms. The molecule has 0 aromatic heterocycles. The number of carbonyl (C=O) groups is 1. The highest BCUT2D eigenvalue weighted by atomic mass is 123. The topological polar surface area (TPSA) is 38.3 Å². The number of esters is 1. The van der Waals surface area contributed by atoms with Crippen LogP contribution < -0.4 is 5.32 Å². The highest BCUT2D eigenvalue weighted by molar-refractivity contribution is 14.1. The molecule has 0 amide bonds. The van der Waals surface area contributed by atoms with E-state index in [9.17, 15) is 4.79 Å². The first-order valence-corrected chi connectivity index (χ1v) is 9.31. The van der Waals surface area contributed by atoms with Crippen LogP contribution in [0, 0.1) is 9.49 Å². The van der Waals surface area contributed by atoms with E-state index in [4.69, 9.17) is 4.74 Å². The predicted octanol–water partition coefficient (Wildman–Crippen LogP) is 4.28. The molecule has 3 nitrogen and oxygen atoms in total. The van der Waals surface area contributed by atoms with Crippen molar-refractivity contribution >= 4 is 28.6 Å². The Kier molecular flexibility index (Phi) is 7.15. The molecule has 1 aromatic carbocycles. The first-order chi connectivity index (χ1) is 10.5. The van der Waals surface area contributed by atoms with Gasteiger partial charge in [0.05, 0.1) is 0 Å². The van der Waals surface area contributed by atoms with Gasteiger partial charge in [0, 0.05) is 10.1 Å². The molecule has 0 unspecified atom stereocenters. The summed E-state index contributed by atoms with van der Waals surface area (Å²) in [6, 6.07) is 8.17. The Morgan fingerprint density at radius 2 is 1.91 bits per heavy atom. The van der Waals surface area contributed by atoms with Crippen LogP contribution in [0.4, 0.5) is 0 Å². The second-order valence-electron chi connectivity index (χ2n) is 6.53. The van der Waals surface area contributed by atoms with Gasteiger partial charge in [0.15, 0.2) is 0 Å². The standard InChI is InChI=1S/C18H26INO2/c1-13(2)11-17(18(21)22-16-5-3-4-6-16)20-12-14-7-9-15(19)10-8-14/h7-10,13,16-17,20H,3-6,11-12H2,1-2H3/t17-/m0/s1/i19-4. The molecule has 1 N–H and O–H groups in total. The molecule has 1 atom stereocenters. The monoisotopic (exact) mass is 411 g/mol. The van der Waals surface area contributed by atoms with Gasteiger partial charge in [-0.05, 0) is 78.3 Å². The molecule has 0 saturated heterocycles. The Morgan fingerprint density at radius 3 is 2.50 bits per heavy atom. The number of hydrogen-bond donors (Lipinski definition) is 1. The number of nitrogens with one attached hydrogen (secondary N) is 1. The van der Waals surface area contributed by atoms with Crippen molar-refractivity contribution < 1.29 is 9.53 Å². The molecule has 122 valence electrons. The third-order valence-electron chi connectivity index (χ3n) is 4.04. The van der Waals surface area contributed by atoms with Crippen LogP contribution in [0.15, 0.2) is 24.3 Å². The van der Waals surface area contributed by atoms with E-state index in [1.54, 1.807) is 0 Å². The molecule has 0 radical (unpaired) electrons. The highest BCUT2D eigenvalue weighted by Crippen LogP contribution is 2.22. The van der Waals surface area contributed by atoms with E-state index in [0.717, 1.165) is 19.3 Å². The van der Waals surface area contributed by atoms with Gasteiger partial charge in [-0.1, -0.05) is 26.0 Å². The molecular formula is C18H26INO2. The van der Waals surface area contributed by atoms with E-state index in [-0.39, 0.29) is 18.1 Å². The fourth-order valence-electron chi connectivity index (χ4n) is 2.83. The van der Waals surface area contributed by atoms with Crippen molar-refractivity contribution in [1.29, 1.82) is 0 Å². The van der Waals surface area contributed by atoms with Crippen molar-refractivity contribution in [3.63, 3.8) is 0 Å². The molecule has 4 heteroatoms. The van der Waals surface area contributed by atoms with E-state index >= 15 is 0 Å². The molecule has 1 aliphatic carbocycles. The molecule has 2 rings (SSSR count). The predicted molar refractivity (Wildman–Crippen MR) is 97.6 cm³/mol. The van der Waals surface area contributed by atoms with Crippen LogP contribution >= 0.6 is 22.6 Å². The fourth-order valence-corrected chi connectivity index (χ4v) is 3.19. The maximum absolute atomic E-state index is 12.4. The van der Waals surface area contributed by atoms with Crippen molar-refractivity contribution in [1.82, 2.24) is 5.32 Å². The lowest BCUT2D eigenvalue weighted by atomic mass is 10.0. The fraction of sp³-hybridized carbons (Fsp3) is 0.611. The van der Waals surface area contributed by atoms with Gasteiger partial charge in [0.25, 0.3) is 0 Å². The van der Waals surface area contributed by atoms with Gasteiger partial charge in [-0.3, -0.25) is 4.79 Å². The maximum Gasteiger partial charge on any atom is 0.323 e. The Balaban J connectivity index is 1.89. The van der Waals surface area contributed by atoms with Gasteiger partial charge in [-0.15, -0.1) is 0 Å². The summed E-state index contributed by atoms with van der Waals surface area (Å²) in [6.07, 6.45) is 5.37. The molecule has 0 aliphatic heterocycles. The van der Waals surface area contributed by atoms with Crippen LogP contribution in [-0.2, 0) is 16.1 Å². The number of hydrogen-bond acceptors (Lipinski definition) is 3. The highest BCUT2D eigenvalue weighted by Gasteiger charge is 2.25. The molecule has 22 heavy (non-hydrogen) atoms. The van der Waals surface area contributed by atoms with Crippen LogP contribution in [0.1, 0.15) is 51.5 Å². The van der Waals surface area contributed by atoms with Crippen LogP contribution in [0.25, 0.3) is 0 Å². The molecular weight excluding hydrogens is 385 g/mol. The van der Waals surface area contributed by atoms with Gasteiger partial charge in [-0.2, -0.15) is 0 Å². The zero-order valence-electron chi connectivity index (χ0n) is 13.5. The minimum Gasteiger partial charge on any atom is -0.461 e. The van der Waals surface area contributed by atoms with Gasteiger partial charge in [0.1, 0.15) is 12.1 Å². The summed E-state index contributed by atoms with van der Waals surface area (Å²) in [7, 11) is 0. The summed E-state index contributed by atoms with van der Waals surface area (Å²) in [4.78, 5) is 12.4. The minimum absolute atomic E-state index is 0.0777. The van der Waals surface area contributed by atoms with Crippen LogP contribution in [0.3, 0.4) is 0 Å². The number of benzene rings is 1. The largest absolute Gasteiger partial charge is 0.461 e. The summed E-state index contributed by atoms with van der Waals surface area (Å²) in [5, 5.41) is 3.38. The second kappa shape index (κ2) is 8.87. The zero-order valence-corrected chi connectivity index (χ0v) is 15.6. The van der Waals surface area contributed by atoms with Crippen molar-refractivity contribution in [2.45, 2.75) is 64.6 Å². The third-order valence-corrected chi connectivity index (χ3v) is 4.76. The Labute approximate surface area is 147 Å². The first-order valence-electron chi connectivity index (χ1n) is 8.23. The van der Waals surface area contributed by atoms with Gasteiger partial charge in [0.2, 0.25) is 0 Å². The maximum atomic E-state index is 12.4. The van der Waals surface area contributed by atoms with Gasteiger partial charge >= 0.3 is 5.97 Å². The van der Waals surface area contributed by atoms with Crippen molar-refractivity contribution in [3.8, 4) is 0 Å². The van der Waals surface area contributed by atoms with Gasteiger partial charge in [-0.25, -0.2) is 0 Å². The number of ether oxygens (including phenoxy) is 1. The Morgan fingerprint density at radius 1 is 1.27 bits per heavy atom. The summed E-state index contributed by atoms with van der Waals surface area (Å²) in [5.41, 5.74) is 1.20. The SMILES string of the molecule is CC(C)C[C@H](NCc1ccc([123I])cc1)C(=O)OC1CCCC1. The Hall–Kier alpha value is -0.620. The van der Waals surface area contributed by atoms with Gasteiger partial charge < -0.3 is 10.1 Å². The number of carbonyl (C=O) groups excluding carboxylic acids is 1. The van der Waals surface area contributed by atoms with E-state index in [2.05, 4.69) is 66.0 Å². The lowest BCUT2D eigenvalue weighted by Gasteiger charge is -2.21. The second-order valence-corrected chi connectivity index (χ2v) is 7.78. The smallest absolute Gasteiger partial charge is 0.323 e. The molecule has 1 aromatic rings. The van der Waals surface area contributed by atoms with Crippen molar-refractivity contribution in [2.24, 2.45) is 5.92 Å². The average molecular weight is 411 g/mol. The number of rotatable bonds is 7. The molecule has 0 heterocycles. The lowest BCUT2D eigenvalue weighted by molar-refractivity contribution is -0.151. The summed E-state index contributed by atoms with van der Waals surface area (Å²) in [6.45, 7) is 4.99. The molecule has 0 spiro atoms. The van der Waals surface area contributed by atoms with Crippen LogP contribution in [0.5, 0.6) is 0 Å². The van der Waals surface area contributed by atoms with E-state index in [0.29, 0.717) is 12.5 Å². The van der Waals surface area contributed by atoms with Crippen LogP contribution in [-0.4, -0.2) is 18.1 Å². The van der Waals surface area contributed by atoms with E-state index in [1.165, 1.54) is 22.0 Å². The average Bonchev–Trinajstić information content (AvgIpc) is 2.97. The number of halogens is 1. The summed E-state index contributed by atoms with van der Waals surface area (Å²) in [5.74, 6) is 0.386. The quantitative estimate of drug-likeness (QED) is 0.538. The summed E-state index contributed by atoms with van der Waals surface area (Å²) < 4.78 is 6.90. The lowest BCUT2D eigenvalue weighted by Crippen LogP contribution is -2.40. The van der Waals surface area contributed by atoms with E-state index < -0.39 is 0 Å².